The third kappa shape index (κ3) is 1.06. The van der Waals surface area contributed by atoms with E-state index in [2.05, 4.69) is 13.0 Å². The summed E-state index contributed by atoms with van der Waals surface area (Å²) in [4.78, 5) is 11.4. The Morgan fingerprint density at radius 1 is 1.33 bits per heavy atom. The van der Waals surface area contributed by atoms with E-state index in [1.165, 1.54) is 5.56 Å². The van der Waals surface area contributed by atoms with Gasteiger partial charge < -0.3 is 0 Å². The summed E-state index contributed by atoms with van der Waals surface area (Å²) in [5, 5.41) is 0. The number of Topliss-reactive ketones (excluding diaryl/α,β-unsaturated/α-hetero) is 1. The van der Waals surface area contributed by atoms with Crippen LogP contribution in [0.1, 0.15) is 41.6 Å². The van der Waals surface area contributed by atoms with Crippen LogP contribution in [0.2, 0.25) is 0 Å². The fourth-order valence-corrected chi connectivity index (χ4v) is 1.82. The fourth-order valence-electron chi connectivity index (χ4n) is 1.82. The quantitative estimate of drug-likeness (QED) is 0.570. The first-order chi connectivity index (χ1) is 5.79. The van der Waals surface area contributed by atoms with Crippen LogP contribution in [0, 0.1) is 0 Å². The average molecular weight is 160 g/mol. The van der Waals surface area contributed by atoms with Gasteiger partial charge in [-0.3, -0.25) is 4.79 Å². The van der Waals surface area contributed by atoms with Crippen LogP contribution in [-0.4, -0.2) is 5.78 Å². The summed E-state index contributed by atoms with van der Waals surface area (Å²) in [6.45, 7) is 2.19. The molecule has 0 unspecified atom stereocenters. The van der Waals surface area contributed by atoms with Crippen molar-refractivity contribution in [2.45, 2.75) is 25.7 Å². The van der Waals surface area contributed by atoms with Crippen LogP contribution in [0.4, 0.5) is 0 Å². The highest BCUT2D eigenvalue weighted by atomic mass is 16.1. The molecule has 1 nitrogen and oxygen atoms in total. The number of fused-ring (bicyclic) bond motifs is 1. The van der Waals surface area contributed by atoms with E-state index < -0.39 is 0 Å². The minimum Gasteiger partial charge on any atom is -0.294 e. The Hall–Kier alpha value is -1.11. The maximum absolute atomic E-state index is 11.4. The second kappa shape index (κ2) is 2.74. The van der Waals surface area contributed by atoms with E-state index >= 15 is 0 Å². The van der Waals surface area contributed by atoms with Gasteiger partial charge >= 0.3 is 0 Å². The molecule has 62 valence electrons. The molecule has 0 aromatic heterocycles. The minimum absolute atomic E-state index is 0.309. The van der Waals surface area contributed by atoms with Gasteiger partial charge in [-0.05, 0) is 17.9 Å². The molecule has 0 amide bonds. The summed E-state index contributed by atoms with van der Waals surface area (Å²) in [7, 11) is 0. The number of rotatable bonds is 0. The first-order valence-corrected chi connectivity index (χ1v) is 4.41. The summed E-state index contributed by atoms with van der Waals surface area (Å²) < 4.78 is 0. The van der Waals surface area contributed by atoms with E-state index in [0.29, 0.717) is 11.7 Å². The summed E-state index contributed by atoms with van der Waals surface area (Å²) in [6.07, 6.45) is 1.73. The molecule has 1 aromatic rings. The highest BCUT2D eigenvalue weighted by Gasteiger charge is 2.21. The molecule has 1 aromatic carbocycles. The van der Waals surface area contributed by atoms with Crippen LogP contribution in [0.5, 0.6) is 0 Å². The number of benzene rings is 1. The van der Waals surface area contributed by atoms with E-state index in [4.69, 9.17) is 0 Å². The molecular formula is C11H12O. The van der Waals surface area contributed by atoms with E-state index in [1.807, 2.05) is 18.2 Å². The standard InChI is InChI=1S/C11H12O/c1-8-6-7-11(12)10-5-3-2-4-9(8)10/h2-5,8H,6-7H2,1H3/t8-/m1/s1. The lowest BCUT2D eigenvalue weighted by Crippen LogP contribution is -2.13. The fraction of sp³-hybridized carbons (Fsp3) is 0.364. The molecule has 0 radical (unpaired) electrons. The van der Waals surface area contributed by atoms with Crippen LogP contribution < -0.4 is 0 Å². The minimum atomic E-state index is 0.309. The molecule has 1 aliphatic rings. The molecule has 2 rings (SSSR count). The number of hydrogen-bond donors (Lipinski definition) is 0. The van der Waals surface area contributed by atoms with Gasteiger partial charge in [-0.25, -0.2) is 0 Å². The molecule has 1 aliphatic carbocycles. The highest BCUT2D eigenvalue weighted by molar-refractivity contribution is 5.98. The Bertz CT molecular complexity index is 315. The maximum Gasteiger partial charge on any atom is 0.163 e. The molecule has 0 spiro atoms. The molecule has 0 heterocycles. The first kappa shape index (κ1) is 7.53. The van der Waals surface area contributed by atoms with Crippen LogP contribution in [0.25, 0.3) is 0 Å². The first-order valence-electron chi connectivity index (χ1n) is 4.41. The second-order valence-electron chi connectivity index (χ2n) is 3.45. The number of ketones is 1. The number of hydrogen-bond acceptors (Lipinski definition) is 1. The molecule has 0 fully saturated rings. The van der Waals surface area contributed by atoms with Crippen molar-refractivity contribution >= 4 is 5.78 Å². The van der Waals surface area contributed by atoms with Crippen molar-refractivity contribution in [3.05, 3.63) is 35.4 Å². The monoisotopic (exact) mass is 160 g/mol. The largest absolute Gasteiger partial charge is 0.294 e. The third-order valence-electron chi connectivity index (χ3n) is 2.60. The maximum atomic E-state index is 11.4. The van der Waals surface area contributed by atoms with E-state index in [9.17, 15) is 4.79 Å². The van der Waals surface area contributed by atoms with Crippen LogP contribution in [-0.2, 0) is 0 Å². The topological polar surface area (TPSA) is 17.1 Å². The van der Waals surface area contributed by atoms with Gasteiger partial charge in [0, 0.05) is 12.0 Å². The molecule has 1 atom stereocenters. The van der Waals surface area contributed by atoms with Gasteiger partial charge in [-0.1, -0.05) is 31.2 Å². The van der Waals surface area contributed by atoms with Crippen molar-refractivity contribution in [2.24, 2.45) is 0 Å². The zero-order chi connectivity index (χ0) is 8.55. The van der Waals surface area contributed by atoms with Crippen molar-refractivity contribution in [2.75, 3.05) is 0 Å². The Morgan fingerprint density at radius 2 is 2.08 bits per heavy atom. The Kier molecular flexibility index (Phi) is 1.72. The summed E-state index contributed by atoms with van der Waals surface area (Å²) in [5.74, 6) is 0.864. The number of carbonyl (C=O) groups excluding carboxylic acids is 1. The summed E-state index contributed by atoms with van der Waals surface area (Å²) in [6, 6.07) is 7.95. The van der Waals surface area contributed by atoms with Crippen LogP contribution in [0.15, 0.2) is 24.3 Å². The molecule has 0 saturated carbocycles. The van der Waals surface area contributed by atoms with Crippen molar-refractivity contribution in [3.63, 3.8) is 0 Å². The molecule has 0 aliphatic heterocycles. The van der Waals surface area contributed by atoms with Crippen molar-refractivity contribution in [1.29, 1.82) is 0 Å². The van der Waals surface area contributed by atoms with Crippen molar-refractivity contribution in [1.82, 2.24) is 0 Å². The second-order valence-corrected chi connectivity index (χ2v) is 3.45. The zero-order valence-corrected chi connectivity index (χ0v) is 7.21. The Morgan fingerprint density at radius 3 is 2.83 bits per heavy atom. The molecular weight excluding hydrogens is 148 g/mol. The smallest absolute Gasteiger partial charge is 0.163 e. The van der Waals surface area contributed by atoms with E-state index in [-0.39, 0.29) is 0 Å². The lowest BCUT2D eigenvalue weighted by atomic mass is 9.83. The zero-order valence-electron chi connectivity index (χ0n) is 7.21. The normalized spacial score (nSPS) is 22.1. The summed E-state index contributed by atoms with van der Waals surface area (Å²) >= 11 is 0. The Labute approximate surface area is 72.4 Å². The average Bonchev–Trinajstić information content (AvgIpc) is 2.12. The van der Waals surface area contributed by atoms with Crippen LogP contribution >= 0.6 is 0 Å². The lowest BCUT2D eigenvalue weighted by Gasteiger charge is -2.20. The number of carbonyl (C=O) groups is 1. The molecule has 0 bridgehead atoms. The van der Waals surface area contributed by atoms with Gasteiger partial charge in [0.05, 0.1) is 0 Å². The van der Waals surface area contributed by atoms with Crippen molar-refractivity contribution in [3.8, 4) is 0 Å². The van der Waals surface area contributed by atoms with E-state index in [1.54, 1.807) is 0 Å². The predicted molar refractivity (Wildman–Crippen MR) is 48.4 cm³/mol. The lowest BCUT2D eigenvalue weighted by molar-refractivity contribution is 0.0968. The third-order valence-corrected chi connectivity index (χ3v) is 2.60. The Balaban J connectivity index is 2.55. The SMILES string of the molecule is C[C@@H]1CCC(=O)c2ccccc21. The highest BCUT2D eigenvalue weighted by Crippen LogP contribution is 2.30. The van der Waals surface area contributed by atoms with Gasteiger partial charge in [-0.15, -0.1) is 0 Å². The molecule has 12 heavy (non-hydrogen) atoms. The molecule has 0 N–H and O–H groups in total. The predicted octanol–water partition coefficient (Wildman–Crippen LogP) is 2.77. The molecule has 1 heteroatoms. The molecule has 0 saturated heterocycles. The van der Waals surface area contributed by atoms with Gasteiger partial charge in [0.25, 0.3) is 0 Å². The van der Waals surface area contributed by atoms with E-state index in [0.717, 1.165) is 18.4 Å². The van der Waals surface area contributed by atoms with Gasteiger partial charge in [-0.2, -0.15) is 0 Å². The van der Waals surface area contributed by atoms with Gasteiger partial charge in [0.2, 0.25) is 0 Å². The van der Waals surface area contributed by atoms with Crippen molar-refractivity contribution < 1.29 is 4.79 Å². The van der Waals surface area contributed by atoms with Crippen LogP contribution in [0.3, 0.4) is 0 Å². The summed E-state index contributed by atoms with van der Waals surface area (Å²) in [5.41, 5.74) is 2.17. The van der Waals surface area contributed by atoms with Gasteiger partial charge in [0.15, 0.2) is 5.78 Å². The van der Waals surface area contributed by atoms with Gasteiger partial charge in [0.1, 0.15) is 0 Å².